The van der Waals surface area contributed by atoms with Gasteiger partial charge in [0.2, 0.25) is 0 Å². The Bertz CT molecular complexity index is 474. The Morgan fingerprint density at radius 3 is 3.14 bits per heavy atom. The summed E-state index contributed by atoms with van der Waals surface area (Å²) in [6, 6.07) is 0. The Labute approximate surface area is 132 Å². The zero-order valence-electron chi connectivity index (χ0n) is 14.0. The molecule has 1 aromatic rings. The average Bonchev–Trinajstić information content (AvgIpc) is 3.14. The van der Waals surface area contributed by atoms with Gasteiger partial charge in [-0.1, -0.05) is 13.3 Å². The molecule has 2 rings (SSSR count). The quantitative estimate of drug-likeness (QED) is 0.788. The van der Waals surface area contributed by atoms with Gasteiger partial charge in [-0.05, 0) is 25.3 Å². The molecule has 0 saturated carbocycles. The van der Waals surface area contributed by atoms with Crippen molar-refractivity contribution in [2.24, 2.45) is 5.92 Å². The minimum absolute atomic E-state index is 0.0764. The van der Waals surface area contributed by atoms with Crippen molar-refractivity contribution >= 4 is 5.91 Å². The number of amides is 1. The maximum absolute atomic E-state index is 12.6. The van der Waals surface area contributed by atoms with Crippen LogP contribution in [0.3, 0.4) is 0 Å². The van der Waals surface area contributed by atoms with Gasteiger partial charge in [0, 0.05) is 39.5 Å². The number of H-pyrrole nitrogens is 1. The van der Waals surface area contributed by atoms with Crippen LogP contribution in [0.25, 0.3) is 0 Å². The molecule has 1 atom stereocenters. The Balaban J connectivity index is 1.85. The highest BCUT2D eigenvalue weighted by molar-refractivity contribution is 5.94. The predicted octanol–water partition coefficient (Wildman–Crippen LogP) is 1.40. The molecule has 1 aliphatic rings. The molecule has 22 heavy (non-hydrogen) atoms. The van der Waals surface area contributed by atoms with E-state index in [0.29, 0.717) is 5.92 Å². The zero-order valence-corrected chi connectivity index (χ0v) is 14.0. The predicted molar refractivity (Wildman–Crippen MR) is 86.0 cm³/mol. The third-order valence-electron chi connectivity index (χ3n) is 4.31. The van der Waals surface area contributed by atoms with Crippen molar-refractivity contribution in [1.29, 1.82) is 0 Å². The second-order valence-corrected chi connectivity index (χ2v) is 6.15. The zero-order chi connectivity index (χ0) is 15.9. The van der Waals surface area contributed by atoms with E-state index in [1.54, 1.807) is 13.3 Å². The van der Waals surface area contributed by atoms with Crippen molar-refractivity contribution < 1.29 is 9.53 Å². The minimum Gasteiger partial charge on any atom is -0.383 e. The van der Waals surface area contributed by atoms with Gasteiger partial charge in [-0.3, -0.25) is 9.89 Å². The van der Waals surface area contributed by atoms with E-state index in [1.165, 1.54) is 0 Å². The molecule has 1 saturated heterocycles. The molecule has 0 aromatic carbocycles. The van der Waals surface area contributed by atoms with Crippen LogP contribution in [0.2, 0.25) is 0 Å². The van der Waals surface area contributed by atoms with Crippen molar-refractivity contribution in [3.05, 3.63) is 17.5 Å². The minimum atomic E-state index is 0.0764. The highest BCUT2D eigenvalue weighted by Crippen LogP contribution is 2.18. The number of likely N-dealkylation sites (tertiary alicyclic amines) is 1. The van der Waals surface area contributed by atoms with E-state index in [4.69, 9.17) is 4.74 Å². The van der Waals surface area contributed by atoms with Gasteiger partial charge < -0.3 is 14.5 Å². The van der Waals surface area contributed by atoms with Crippen LogP contribution in [0.4, 0.5) is 0 Å². The van der Waals surface area contributed by atoms with E-state index in [0.717, 1.165) is 63.3 Å². The third-order valence-corrected chi connectivity index (χ3v) is 4.31. The summed E-state index contributed by atoms with van der Waals surface area (Å²) in [6.45, 7) is 6.81. The number of aryl methyl sites for hydroxylation is 1. The summed E-state index contributed by atoms with van der Waals surface area (Å²) in [7, 11) is 3.63. The molecule has 1 unspecified atom stereocenters. The summed E-state index contributed by atoms with van der Waals surface area (Å²) in [5.74, 6) is 0.625. The molecule has 6 heteroatoms. The summed E-state index contributed by atoms with van der Waals surface area (Å²) in [5.41, 5.74) is 1.67. The van der Waals surface area contributed by atoms with Crippen LogP contribution in [-0.2, 0) is 11.2 Å². The lowest BCUT2D eigenvalue weighted by Gasteiger charge is -2.22. The molecule has 0 aliphatic carbocycles. The number of hydrogen-bond acceptors (Lipinski definition) is 4. The summed E-state index contributed by atoms with van der Waals surface area (Å²) in [5, 5.41) is 6.97. The normalized spacial score (nSPS) is 18.8. The Kier molecular flexibility index (Phi) is 6.39. The molecule has 1 aromatic heterocycles. The number of nitrogens with one attached hydrogen (secondary N) is 1. The second-order valence-electron chi connectivity index (χ2n) is 6.15. The van der Waals surface area contributed by atoms with E-state index in [2.05, 4.69) is 22.0 Å². The Morgan fingerprint density at radius 2 is 2.41 bits per heavy atom. The Hall–Kier alpha value is -1.40. The fourth-order valence-electron chi connectivity index (χ4n) is 3.10. The number of nitrogens with zero attached hydrogens (tertiary/aromatic N) is 3. The monoisotopic (exact) mass is 308 g/mol. The van der Waals surface area contributed by atoms with E-state index >= 15 is 0 Å². The topological polar surface area (TPSA) is 61.5 Å². The van der Waals surface area contributed by atoms with E-state index in [1.807, 2.05) is 11.9 Å². The number of methoxy groups -OCH3 is 1. The van der Waals surface area contributed by atoms with Crippen molar-refractivity contribution in [3.8, 4) is 0 Å². The van der Waals surface area contributed by atoms with E-state index in [9.17, 15) is 4.79 Å². The van der Waals surface area contributed by atoms with Crippen molar-refractivity contribution in [2.75, 3.05) is 46.9 Å². The van der Waals surface area contributed by atoms with Crippen LogP contribution < -0.4 is 0 Å². The number of rotatable bonds is 8. The first kappa shape index (κ1) is 17.0. The molecule has 1 aliphatic heterocycles. The average molecular weight is 308 g/mol. The first-order valence-corrected chi connectivity index (χ1v) is 8.14. The van der Waals surface area contributed by atoms with Crippen molar-refractivity contribution in [3.63, 3.8) is 0 Å². The molecule has 0 bridgehead atoms. The van der Waals surface area contributed by atoms with Gasteiger partial charge in [0.05, 0.1) is 18.4 Å². The molecule has 124 valence electrons. The van der Waals surface area contributed by atoms with Crippen LogP contribution in [0.15, 0.2) is 6.20 Å². The summed E-state index contributed by atoms with van der Waals surface area (Å²) in [4.78, 5) is 16.8. The second kappa shape index (κ2) is 8.29. The lowest BCUT2D eigenvalue weighted by Crippen LogP contribution is -2.34. The number of aromatic nitrogens is 2. The molecule has 0 spiro atoms. The number of carbonyl (C=O) groups excluding carboxylic acids is 1. The SMILES string of the molecule is CCCc1[nH]ncc1C(=O)N(C)CC1CCN(CCOC)C1. The van der Waals surface area contributed by atoms with Gasteiger partial charge in [0.25, 0.3) is 5.91 Å². The summed E-state index contributed by atoms with van der Waals surface area (Å²) < 4.78 is 5.13. The maximum atomic E-state index is 12.6. The molecule has 2 heterocycles. The molecule has 6 nitrogen and oxygen atoms in total. The third kappa shape index (κ3) is 4.30. The van der Waals surface area contributed by atoms with Crippen LogP contribution in [-0.4, -0.2) is 72.8 Å². The van der Waals surface area contributed by atoms with Gasteiger partial charge in [0.15, 0.2) is 0 Å². The van der Waals surface area contributed by atoms with E-state index in [-0.39, 0.29) is 5.91 Å². The largest absolute Gasteiger partial charge is 0.383 e. The summed E-state index contributed by atoms with van der Waals surface area (Å²) >= 11 is 0. The molecule has 1 fully saturated rings. The maximum Gasteiger partial charge on any atom is 0.257 e. The molecule has 0 radical (unpaired) electrons. The van der Waals surface area contributed by atoms with Gasteiger partial charge in [-0.25, -0.2) is 0 Å². The lowest BCUT2D eigenvalue weighted by atomic mass is 10.1. The number of ether oxygens (including phenoxy) is 1. The van der Waals surface area contributed by atoms with Gasteiger partial charge in [-0.15, -0.1) is 0 Å². The highest BCUT2D eigenvalue weighted by atomic mass is 16.5. The molecular formula is C16H28N4O2. The fourth-order valence-corrected chi connectivity index (χ4v) is 3.10. The van der Waals surface area contributed by atoms with Crippen LogP contribution in [0.5, 0.6) is 0 Å². The van der Waals surface area contributed by atoms with Gasteiger partial charge in [-0.2, -0.15) is 5.10 Å². The van der Waals surface area contributed by atoms with Crippen LogP contribution in [0, 0.1) is 5.92 Å². The van der Waals surface area contributed by atoms with Crippen LogP contribution in [0.1, 0.15) is 35.8 Å². The number of carbonyl (C=O) groups is 1. The number of hydrogen-bond donors (Lipinski definition) is 1. The smallest absolute Gasteiger partial charge is 0.257 e. The Morgan fingerprint density at radius 1 is 1.59 bits per heavy atom. The first-order chi connectivity index (χ1) is 10.7. The molecule has 1 amide bonds. The van der Waals surface area contributed by atoms with Crippen molar-refractivity contribution in [1.82, 2.24) is 20.0 Å². The van der Waals surface area contributed by atoms with Gasteiger partial charge in [0.1, 0.15) is 0 Å². The molecular weight excluding hydrogens is 280 g/mol. The lowest BCUT2D eigenvalue weighted by molar-refractivity contribution is 0.0771. The fraction of sp³-hybridized carbons (Fsp3) is 0.750. The standard InChI is InChI=1S/C16H28N4O2/c1-4-5-15-14(10-17-18-15)16(21)19(2)11-13-6-7-20(12-13)8-9-22-3/h10,13H,4-9,11-12H2,1-3H3,(H,17,18). The molecule has 1 N–H and O–H groups in total. The van der Waals surface area contributed by atoms with Crippen molar-refractivity contribution in [2.45, 2.75) is 26.2 Å². The highest BCUT2D eigenvalue weighted by Gasteiger charge is 2.26. The number of aromatic amines is 1. The van der Waals surface area contributed by atoms with Crippen LogP contribution >= 0.6 is 0 Å². The summed E-state index contributed by atoms with van der Waals surface area (Å²) in [6.07, 6.45) is 4.67. The van der Waals surface area contributed by atoms with E-state index < -0.39 is 0 Å². The van der Waals surface area contributed by atoms with Gasteiger partial charge >= 0.3 is 0 Å². The first-order valence-electron chi connectivity index (χ1n) is 8.14.